The van der Waals surface area contributed by atoms with E-state index in [0.29, 0.717) is 0 Å². The normalized spacial score (nSPS) is 18.6. The lowest BCUT2D eigenvalue weighted by molar-refractivity contribution is 0.493. The van der Waals surface area contributed by atoms with Gasteiger partial charge in [0.25, 0.3) is 0 Å². The zero-order valence-electron chi connectivity index (χ0n) is 11.6. The van der Waals surface area contributed by atoms with Crippen LogP contribution in [0.1, 0.15) is 61.9 Å². The van der Waals surface area contributed by atoms with Gasteiger partial charge in [-0.3, -0.25) is 0 Å². The maximum absolute atomic E-state index is 3.85. The summed E-state index contributed by atoms with van der Waals surface area (Å²) in [5.74, 6) is 0.743. The lowest BCUT2D eigenvalue weighted by atomic mass is 9.84. The van der Waals surface area contributed by atoms with Gasteiger partial charge in [-0.25, -0.2) is 0 Å². The van der Waals surface area contributed by atoms with E-state index in [2.05, 4.69) is 29.9 Å². The number of aryl methyl sites for hydroxylation is 1. The molecule has 2 rings (SSSR count). The number of nitrogens with one attached hydrogen (secondary N) is 2. The van der Waals surface area contributed by atoms with Gasteiger partial charge in [0, 0.05) is 11.4 Å². The molecule has 1 aromatic rings. The molecule has 1 unspecified atom stereocenters. The van der Waals surface area contributed by atoms with Crippen molar-refractivity contribution in [2.24, 2.45) is 0 Å². The molecule has 2 N–H and O–H groups in total. The van der Waals surface area contributed by atoms with E-state index in [1.54, 1.807) is 5.56 Å². The molecule has 0 bridgehead atoms. The van der Waals surface area contributed by atoms with Crippen LogP contribution in [-0.2, 0) is 6.42 Å². The molecule has 1 heterocycles. The number of rotatable bonds is 7. The maximum atomic E-state index is 3.85. The molecule has 0 saturated heterocycles. The van der Waals surface area contributed by atoms with Gasteiger partial charge in [-0.1, -0.05) is 19.9 Å². The number of fused-ring (bicyclic) bond motifs is 1. The zero-order chi connectivity index (χ0) is 12.8. The van der Waals surface area contributed by atoms with Crippen molar-refractivity contribution in [1.82, 2.24) is 10.3 Å². The number of H-pyrrole nitrogens is 1. The lowest BCUT2D eigenvalue weighted by Gasteiger charge is -2.22. The van der Waals surface area contributed by atoms with Crippen LogP contribution in [0.2, 0.25) is 0 Å². The summed E-state index contributed by atoms with van der Waals surface area (Å²) in [6.45, 7) is 8.41. The first kappa shape index (κ1) is 13.4. The molecule has 100 valence electrons. The van der Waals surface area contributed by atoms with E-state index in [1.807, 2.05) is 6.08 Å². The molecular weight excluding hydrogens is 220 g/mol. The van der Waals surface area contributed by atoms with Gasteiger partial charge in [0.05, 0.1) is 0 Å². The first-order valence-corrected chi connectivity index (χ1v) is 7.40. The lowest BCUT2D eigenvalue weighted by Crippen LogP contribution is -2.20. The number of aromatic amines is 1. The monoisotopic (exact) mass is 246 g/mol. The fourth-order valence-electron chi connectivity index (χ4n) is 2.90. The molecule has 1 aliphatic rings. The third kappa shape index (κ3) is 3.26. The average molecular weight is 246 g/mol. The average Bonchev–Trinajstić information content (AvgIpc) is 2.82. The molecule has 0 saturated carbocycles. The molecule has 18 heavy (non-hydrogen) atoms. The van der Waals surface area contributed by atoms with Crippen molar-refractivity contribution in [3.8, 4) is 0 Å². The second-order valence-corrected chi connectivity index (χ2v) is 5.34. The van der Waals surface area contributed by atoms with E-state index in [9.17, 15) is 0 Å². The van der Waals surface area contributed by atoms with Gasteiger partial charge in [-0.2, -0.15) is 0 Å². The summed E-state index contributed by atoms with van der Waals surface area (Å²) in [7, 11) is 0. The summed E-state index contributed by atoms with van der Waals surface area (Å²) in [6, 6.07) is 2.30. The summed E-state index contributed by atoms with van der Waals surface area (Å²) in [4.78, 5) is 3.49. The van der Waals surface area contributed by atoms with Gasteiger partial charge >= 0.3 is 0 Å². The molecule has 1 aliphatic carbocycles. The summed E-state index contributed by atoms with van der Waals surface area (Å²) in [5, 5.41) is 3.55. The molecule has 2 nitrogen and oxygen atoms in total. The molecule has 0 radical (unpaired) electrons. The summed E-state index contributed by atoms with van der Waals surface area (Å²) in [6.07, 6.45) is 9.64. The van der Waals surface area contributed by atoms with Crippen LogP contribution < -0.4 is 5.32 Å². The van der Waals surface area contributed by atoms with Crippen LogP contribution in [0.4, 0.5) is 0 Å². The van der Waals surface area contributed by atoms with Crippen molar-refractivity contribution >= 4 is 6.08 Å². The first-order chi connectivity index (χ1) is 8.85. The van der Waals surface area contributed by atoms with Crippen molar-refractivity contribution < 1.29 is 0 Å². The number of aromatic nitrogens is 1. The molecule has 0 amide bonds. The van der Waals surface area contributed by atoms with Gasteiger partial charge in [-0.05, 0) is 68.8 Å². The minimum Gasteiger partial charge on any atom is -0.359 e. The van der Waals surface area contributed by atoms with E-state index in [-0.39, 0.29) is 0 Å². The Bertz CT molecular complexity index is 378. The number of hydrogen-bond donors (Lipinski definition) is 2. The third-order valence-corrected chi connectivity index (χ3v) is 3.97. The zero-order valence-corrected chi connectivity index (χ0v) is 11.6. The Morgan fingerprint density at radius 3 is 3.17 bits per heavy atom. The molecular formula is C16H26N2. The van der Waals surface area contributed by atoms with Gasteiger partial charge in [-0.15, -0.1) is 0 Å². The maximum Gasteiger partial charge on any atom is 0.0379 e. The van der Waals surface area contributed by atoms with Crippen molar-refractivity contribution in [3.63, 3.8) is 0 Å². The Morgan fingerprint density at radius 1 is 1.50 bits per heavy atom. The molecule has 0 aliphatic heterocycles. The number of hydrogen-bond acceptors (Lipinski definition) is 1. The van der Waals surface area contributed by atoms with E-state index in [0.717, 1.165) is 12.5 Å². The first-order valence-electron chi connectivity index (χ1n) is 7.40. The van der Waals surface area contributed by atoms with Crippen molar-refractivity contribution in [2.45, 2.75) is 51.4 Å². The van der Waals surface area contributed by atoms with E-state index in [4.69, 9.17) is 0 Å². The molecule has 1 atom stereocenters. The molecule has 1 aromatic heterocycles. The summed E-state index contributed by atoms with van der Waals surface area (Å²) >= 11 is 0. The van der Waals surface area contributed by atoms with Crippen LogP contribution in [-0.4, -0.2) is 18.1 Å². The van der Waals surface area contributed by atoms with E-state index < -0.39 is 0 Å². The molecule has 2 heteroatoms. The van der Waals surface area contributed by atoms with Gasteiger partial charge in [0.2, 0.25) is 0 Å². The Kier molecular flexibility index (Phi) is 5.06. The predicted molar refractivity (Wildman–Crippen MR) is 79.0 cm³/mol. The van der Waals surface area contributed by atoms with Crippen LogP contribution in [0, 0.1) is 0 Å². The molecule has 0 aromatic carbocycles. The third-order valence-electron chi connectivity index (χ3n) is 3.97. The predicted octanol–water partition coefficient (Wildman–Crippen LogP) is 3.86. The molecule has 0 spiro atoms. The minimum atomic E-state index is 0.743. The van der Waals surface area contributed by atoms with Gasteiger partial charge in [0.1, 0.15) is 0 Å². The Morgan fingerprint density at radius 2 is 2.39 bits per heavy atom. The molecule has 0 fully saturated rings. The minimum absolute atomic E-state index is 0.743. The Hall–Kier alpha value is -1.02. The fourth-order valence-corrected chi connectivity index (χ4v) is 2.90. The Balaban J connectivity index is 1.87. The van der Waals surface area contributed by atoms with E-state index in [1.165, 1.54) is 56.5 Å². The SMILES string of the molecule is C=Cc1cc2c([nH]1)CCCC2CCNCCCC. The highest BCUT2D eigenvalue weighted by Gasteiger charge is 2.21. The van der Waals surface area contributed by atoms with Crippen molar-refractivity contribution in [1.29, 1.82) is 0 Å². The summed E-state index contributed by atoms with van der Waals surface area (Å²) in [5.41, 5.74) is 4.19. The van der Waals surface area contributed by atoms with Crippen molar-refractivity contribution in [3.05, 3.63) is 29.6 Å². The standard InChI is InChI=1S/C16H26N2/c1-3-5-10-17-11-9-13-7-6-8-16-15(13)12-14(4-2)18-16/h4,12-13,17-18H,2-3,5-11H2,1H3. The second-order valence-electron chi connectivity index (χ2n) is 5.34. The quantitative estimate of drug-likeness (QED) is 0.703. The number of unbranched alkanes of at least 4 members (excludes halogenated alkanes) is 1. The largest absolute Gasteiger partial charge is 0.359 e. The van der Waals surface area contributed by atoms with Crippen molar-refractivity contribution in [2.75, 3.05) is 13.1 Å². The topological polar surface area (TPSA) is 27.8 Å². The second kappa shape index (κ2) is 6.79. The smallest absolute Gasteiger partial charge is 0.0379 e. The summed E-state index contributed by atoms with van der Waals surface area (Å²) < 4.78 is 0. The van der Waals surface area contributed by atoms with Crippen LogP contribution in [0.15, 0.2) is 12.6 Å². The van der Waals surface area contributed by atoms with Crippen LogP contribution >= 0.6 is 0 Å². The highest BCUT2D eigenvalue weighted by Crippen LogP contribution is 2.34. The highest BCUT2D eigenvalue weighted by molar-refractivity contribution is 5.47. The fraction of sp³-hybridized carbons (Fsp3) is 0.625. The Labute approximate surface area is 111 Å². The highest BCUT2D eigenvalue weighted by atomic mass is 14.8. The van der Waals surface area contributed by atoms with Crippen LogP contribution in [0.5, 0.6) is 0 Å². The van der Waals surface area contributed by atoms with Gasteiger partial charge < -0.3 is 10.3 Å². The van der Waals surface area contributed by atoms with E-state index >= 15 is 0 Å². The van der Waals surface area contributed by atoms with Crippen LogP contribution in [0.3, 0.4) is 0 Å². The van der Waals surface area contributed by atoms with Crippen LogP contribution in [0.25, 0.3) is 6.08 Å². The van der Waals surface area contributed by atoms with Gasteiger partial charge in [0.15, 0.2) is 0 Å².